The average Bonchev–Trinajstić information content (AvgIpc) is 3.29. The summed E-state index contributed by atoms with van der Waals surface area (Å²) >= 11 is 0. The maximum Gasteiger partial charge on any atom is 0.228 e. The third-order valence-electron chi connectivity index (χ3n) is 5.77. The lowest BCUT2D eigenvalue weighted by molar-refractivity contribution is -0.135. The number of benzene rings is 1. The van der Waals surface area contributed by atoms with Crippen molar-refractivity contribution >= 4 is 17.6 Å². The number of hydrogen-bond donors (Lipinski definition) is 0. The molecule has 0 saturated carbocycles. The number of para-hydroxylation sites is 1. The number of likely N-dealkylation sites (tertiary alicyclic amines) is 1. The summed E-state index contributed by atoms with van der Waals surface area (Å²) in [5.41, 5.74) is 0.325. The smallest absolute Gasteiger partial charge is 0.228 e. The van der Waals surface area contributed by atoms with Crippen LogP contribution >= 0.6 is 0 Å². The van der Waals surface area contributed by atoms with Crippen molar-refractivity contribution in [1.29, 1.82) is 0 Å². The highest BCUT2D eigenvalue weighted by Gasteiger charge is 2.59. The van der Waals surface area contributed by atoms with E-state index in [1.165, 1.54) is 4.90 Å². The van der Waals surface area contributed by atoms with E-state index in [1.807, 2.05) is 0 Å². The number of ketones is 1. The molecule has 152 valence electrons. The first-order chi connectivity index (χ1) is 13.8. The number of ether oxygens (including phenoxy) is 1. The number of carbonyl (C=O) groups is 3. The number of nitrogens with zero attached hydrogens (tertiary/aromatic N) is 4. The second-order valence-electron chi connectivity index (χ2n) is 7.80. The van der Waals surface area contributed by atoms with Crippen LogP contribution in [0.4, 0.5) is 0 Å². The van der Waals surface area contributed by atoms with Gasteiger partial charge in [-0.15, -0.1) is 0 Å². The van der Waals surface area contributed by atoms with Crippen molar-refractivity contribution in [2.24, 2.45) is 11.3 Å². The third kappa shape index (κ3) is 3.06. The Labute approximate surface area is 167 Å². The van der Waals surface area contributed by atoms with E-state index in [2.05, 4.69) is 14.9 Å². The van der Waals surface area contributed by atoms with E-state index in [1.54, 1.807) is 50.2 Å². The van der Waals surface area contributed by atoms with E-state index in [9.17, 15) is 14.4 Å². The van der Waals surface area contributed by atoms with E-state index in [0.717, 1.165) is 0 Å². The number of fused-ring (bicyclic) bond motifs is 1. The van der Waals surface area contributed by atoms with Crippen LogP contribution in [0.3, 0.4) is 0 Å². The molecular weight excluding hydrogens is 376 g/mol. The second kappa shape index (κ2) is 6.98. The zero-order valence-electron chi connectivity index (χ0n) is 16.5. The van der Waals surface area contributed by atoms with Crippen molar-refractivity contribution in [3.63, 3.8) is 0 Å². The van der Waals surface area contributed by atoms with Crippen LogP contribution in [-0.2, 0) is 16.0 Å². The molecule has 2 aliphatic heterocycles. The van der Waals surface area contributed by atoms with Crippen LogP contribution in [0, 0.1) is 18.3 Å². The first-order valence-electron chi connectivity index (χ1n) is 9.37. The Morgan fingerprint density at radius 2 is 2.03 bits per heavy atom. The Bertz CT molecular complexity index is 985. The molecule has 1 aromatic heterocycles. The minimum absolute atomic E-state index is 0.0000767. The molecule has 9 nitrogen and oxygen atoms in total. The molecule has 9 heteroatoms. The Kier molecular flexibility index (Phi) is 4.60. The molecule has 0 aliphatic carbocycles. The highest BCUT2D eigenvalue weighted by molar-refractivity contribution is 6.07. The lowest BCUT2D eigenvalue weighted by atomic mass is 9.71. The minimum Gasteiger partial charge on any atom is -0.492 e. The first kappa shape index (κ1) is 19.1. The summed E-state index contributed by atoms with van der Waals surface area (Å²) in [4.78, 5) is 42.4. The average molecular weight is 398 g/mol. The summed E-state index contributed by atoms with van der Waals surface area (Å²) in [5.74, 6) is -0.763. The monoisotopic (exact) mass is 398 g/mol. The molecule has 0 bridgehead atoms. The van der Waals surface area contributed by atoms with Crippen molar-refractivity contribution in [1.82, 2.24) is 20.1 Å². The molecule has 2 atom stereocenters. The Balaban J connectivity index is 1.67. The van der Waals surface area contributed by atoms with Gasteiger partial charge in [-0.3, -0.25) is 14.4 Å². The summed E-state index contributed by atoms with van der Waals surface area (Å²) in [5, 5.41) is 7.45. The summed E-state index contributed by atoms with van der Waals surface area (Å²) < 4.78 is 10.5. The number of rotatable bonds is 3. The van der Waals surface area contributed by atoms with Gasteiger partial charge >= 0.3 is 0 Å². The van der Waals surface area contributed by atoms with Gasteiger partial charge in [0.1, 0.15) is 23.7 Å². The van der Waals surface area contributed by atoms with Crippen molar-refractivity contribution in [3.05, 3.63) is 41.2 Å². The number of hydrogen-bond acceptors (Lipinski definition) is 7. The molecule has 0 unspecified atom stereocenters. The van der Waals surface area contributed by atoms with Crippen LogP contribution in [-0.4, -0.2) is 71.5 Å². The molecule has 1 fully saturated rings. The number of amides is 2. The lowest BCUT2D eigenvalue weighted by Crippen LogP contribution is -2.51. The Morgan fingerprint density at radius 3 is 2.72 bits per heavy atom. The third-order valence-corrected chi connectivity index (χ3v) is 5.77. The van der Waals surface area contributed by atoms with Gasteiger partial charge in [0.15, 0.2) is 5.78 Å². The Hall–Kier alpha value is -3.23. The zero-order chi connectivity index (χ0) is 20.8. The molecule has 0 radical (unpaired) electrons. The van der Waals surface area contributed by atoms with Crippen molar-refractivity contribution in [2.45, 2.75) is 13.3 Å². The largest absolute Gasteiger partial charge is 0.492 e. The van der Waals surface area contributed by atoms with E-state index in [-0.39, 0.29) is 43.7 Å². The lowest BCUT2D eigenvalue weighted by Gasteiger charge is -2.37. The fraction of sp³-hybridized carbons (Fsp3) is 0.450. The predicted molar refractivity (Wildman–Crippen MR) is 100 cm³/mol. The molecular formula is C20H22N4O5. The van der Waals surface area contributed by atoms with E-state index in [4.69, 9.17) is 4.74 Å². The van der Waals surface area contributed by atoms with Gasteiger partial charge in [0, 0.05) is 27.2 Å². The second-order valence-corrected chi connectivity index (χ2v) is 7.80. The number of aromatic nitrogens is 2. The van der Waals surface area contributed by atoms with Crippen LogP contribution in [0.1, 0.15) is 21.7 Å². The molecule has 0 N–H and O–H groups in total. The van der Waals surface area contributed by atoms with Gasteiger partial charge in [-0.25, -0.2) is 4.63 Å². The highest BCUT2D eigenvalue weighted by atomic mass is 16.6. The van der Waals surface area contributed by atoms with Gasteiger partial charge in [0.2, 0.25) is 11.8 Å². The summed E-state index contributed by atoms with van der Waals surface area (Å²) in [6.07, 6.45) is -0.0000767. The van der Waals surface area contributed by atoms with Gasteiger partial charge in [0.25, 0.3) is 0 Å². The summed E-state index contributed by atoms with van der Waals surface area (Å²) in [6.45, 7) is 2.03. The zero-order valence-corrected chi connectivity index (χ0v) is 16.5. The molecule has 2 aromatic rings. The maximum absolute atomic E-state index is 13.5. The van der Waals surface area contributed by atoms with Gasteiger partial charge in [-0.1, -0.05) is 22.4 Å². The molecule has 4 rings (SSSR count). The molecule has 1 saturated heterocycles. The molecule has 2 aliphatic rings. The van der Waals surface area contributed by atoms with Crippen LogP contribution in [0.25, 0.3) is 0 Å². The van der Waals surface area contributed by atoms with Gasteiger partial charge < -0.3 is 14.5 Å². The van der Waals surface area contributed by atoms with Gasteiger partial charge in [-0.2, -0.15) is 0 Å². The quantitative estimate of drug-likeness (QED) is 0.750. The molecule has 1 aromatic carbocycles. The van der Waals surface area contributed by atoms with E-state index >= 15 is 0 Å². The SMILES string of the molecule is Cc1nonc1CC(=O)N1C[C@H](C(=O)N(C)C)[C@]2(COc3ccccc3C2=O)C1. The molecule has 1 spiro atoms. The van der Waals surface area contributed by atoms with Gasteiger partial charge in [0.05, 0.1) is 23.3 Å². The van der Waals surface area contributed by atoms with Crippen LogP contribution < -0.4 is 4.74 Å². The van der Waals surface area contributed by atoms with Crippen LogP contribution in [0.5, 0.6) is 5.75 Å². The predicted octanol–water partition coefficient (Wildman–Crippen LogP) is 0.729. The molecule has 2 amide bonds. The minimum atomic E-state index is -1.11. The standard InChI is InChI=1S/C20H22N4O5/c1-12-15(22-29-21-12)8-17(25)24-9-14(19(27)23(2)3)20(10-24)11-28-16-7-5-4-6-13(16)18(20)26/h4-7,14H,8-11H2,1-3H3/t14-,20-/m1/s1. The van der Waals surface area contributed by atoms with Gasteiger partial charge in [-0.05, 0) is 19.1 Å². The van der Waals surface area contributed by atoms with Crippen molar-refractivity contribution in [3.8, 4) is 5.75 Å². The van der Waals surface area contributed by atoms with Crippen molar-refractivity contribution in [2.75, 3.05) is 33.8 Å². The van der Waals surface area contributed by atoms with Crippen LogP contribution in [0.15, 0.2) is 28.9 Å². The topological polar surface area (TPSA) is 106 Å². The van der Waals surface area contributed by atoms with E-state index < -0.39 is 11.3 Å². The fourth-order valence-electron chi connectivity index (χ4n) is 4.09. The molecule has 3 heterocycles. The molecule has 29 heavy (non-hydrogen) atoms. The van der Waals surface area contributed by atoms with Crippen molar-refractivity contribution < 1.29 is 23.7 Å². The first-order valence-corrected chi connectivity index (χ1v) is 9.37. The number of aryl methyl sites for hydroxylation is 1. The fourth-order valence-corrected chi connectivity index (χ4v) is 4.09. The normalized spacial score (nSPS) is 23.1. The van der Waals surface area contributed by atoms with E-state index in [0.29, 0.717) is 22.7 Å². The summed E-state index contributed by atoms with van der Waals surface area (Å²) in [7, 11) is 3.29. The maximum atomic E-state index is 13.5. The highest BCUT2D eigenvalue weighted by Crippen LogP contribution is 2.45. The number of Topliss-reactive ketones (excluding diaryl/α,β-unsaturated/α-hetero) is 1. The Morgan fingerprint density at radius 1 is 1.28 bits per heavy atom. The summed E-state index contributed by atoms with van der Waals surface area (Å²) in [6, 6.07) is 7.00. The number of carbonyl (C=O) groups excluding carboxylic acids is 3. The van der Waals surface area contributed by atoms with Crippen LogP contribution in [0.2, 0.25) is 0 Å².